The van der Waals surface area contributed by atoms with E-state index in [1.807, 2.05) is 42.5 Å². The predicted molar refractivity (Wildman–Crippen MR) is 63.6 cm³/mol. The number of aromatic hydroxyl groups is 1. The first-order chi connectivity index (χ1) is 7.77. The molecule has 1 N–H and O–H groups in total. The summed E-state index contributed by atoms with van der Waals surface area (Å²) in [4.78, 5) is 11.7. The minimum absolute atomic E-state index is 0.0132. The van der Waals surface area contributed by atoms with Gasteiger partial charge >= 0.3 is 0 Å². The maximum Gasteiger partial charge on any atom is 0.170 e. The molecule has 0 saturated heterocycles. The van der Waals surface area contributed by atoms with E-state index in [1.54, 1.807) is 0 Å². The van der Waals surface area contributed by atoms with Crippen molar-refractivity contribution < 1.29 is 9.90 Å². The van der Waals surface area contributed by atoms with Gasteiger partial charge < -0.3 is 5.11 Å². The van der Waals surface area contributed by atoms with Gasteiger partial charge in [-0.15, -0.1) is 0 Å². The SMILES string of the molecule is O=C1CC=Cc2cc3ccccc3c(O)c21. The van der Waals surface area contributed by atoms with E-state index in [0.29, 0.717) is 12.0 Å². The van der Waals surface area contributed by atoms with E-state index in [-0.39, 0.29) is 11.5 Å². The molecule has 1 aliphatic carbocycles. The molecule has 0 amide bonds. The molecule has 1 aliphatic rings. The fraction of sp³-hybridized carbons (Fsp3) is 0.0714. The Kier molecular flexibility index (Phi) is 1.83. The lowest BCUT2D eigenvalue weighted by Crippen LogP contribution is -2.04. The number of phenols is 1. The Hall–Kier alpha value is -2.09. The molecule has 3 rings (SSSR count). The molecule has 0 aliphatic heterocycles. The zero-order valence-electron chi connectivity index (χ0n) is 8.60. The van der Waals surface area contributed by atoms with Crippen LogP contribution in [0.5, 0.6) is 5.75 Å². The molecule has 2 aromatic carbocycles. The van der Waals surface area contributed by atoms with E-state index >= 15 is 0 Å². The number of carbonyl (C=O) groups is 1. The number of hydrogen-bond acceptors (Lipinski definition) is 2. The average molecular weight is 210 g/mol. The molecule has 16 heavy (non-hydrogen) atoms. The molecule has 0 atom stereocenters. The summed E-state index contributed by atoms with van der Waals surface area (Å²) < 4.78 is 0. The van der Waals surface area contributed by atoms with Gasteiger partial charge in [0.05, 0.1) is 5.56 Å². The van der Waals surface area contributed by atoms with Gasteiger partial charge in [-0.2, -0.15) is 0 Å². The molecule has 0 aromatic heterocycles. The Bertz CT molecular complexity index is 624. The normalized spacial score (nSPS) is 14.1. The van der Waals surface area contributed by atoms with E-state index in [0.717, 1.165) is 16.3 Å². The summed E-state index contributed by atoms with van der Waals surface area (Å²) in [6, 6.07) is 9.48. The maximum absolute atomic E-state index is 11.7. The lowest BCUT2D eigenvalue weighted by Gasteiger charge is -2.13. The summed E-state index contributed by atoms with van der Waals surface area (Å²) in [5.74, 6) is 0.100. The van der Waals surface area contributed by atoms with Crippen molar-refractivity contribution in [2.45, 2.75) is 6.42 Å². The summed E-state index contributed by atoms with van der Waals surface area (Å²) in [6.45, 7) is 0. The number of hydrogen-bond donors (Lipinski definition) is 1. The molecule has 0 unspecified atom stereocenters. The van der Waals surface area contributed by atoms with Crippen molar-refractivity contribution in [3.05, 3.63) is 47.5 Å². The lowest BCUT2D eigenvalue weighted by molar-refractivity contribution is 0.0992. The number of Topliss-reactive ketones (excluding diaryl/α,β-unsaturated/α-hetero) is 1. The van der Waals surface area contributed by atoms with Crippen LogP contribution < -0.4 is 0 Å². The largest absolute Gasteiger partial charge is 0.507 e. The molecule has 78 valence electrons. The molecule has 0 heterocycles. The quantitative estimate of drug-likeness (QED) is 0.725. The van der Waals surface area contributed by atoms with E-state index in [9.17, 15) is 9.90 Å². The molecule has 2 nitrogen and oxygen atoms in total. The molecule has 0 spiro atoms. The fourth-order valence-electron chi connectivity index (χ4n) is 2.17. The van der Waals surface area contributed by atoms with Gasteiger partial charge in [0.25, 0.3) is 0 Å². The Morgan fingerprint density at radius 1 is 1.19 bits per heavy atom. The van der Waals surface area contributed by atoms with Gasteiger partial charge in [-0.3, -0.25) is 4.79 Å². The van der Waals surface area contributed by atoms with Gasteiger partial charge in [0.15, 0.2) is 5.78 Å². The van der Waals surface area contributed by atoms with Crippen LogP contribution in [-0.2, 0) is 0 Å². The highest BCUT2D eigenvalue weighted by molar-refractivity contribution is 6.10. The van der Waals surface area contributed by atoms with Crippen LogP contribution >= 0.6 is 0 Å². The van der Waals surface area contributed by atoms with Crippen molar-refractivity contribution in [2.75, 3.05) is 0 Å². The second-order valence-electron chi connectivity index (χ2n) is 3.94. The molecule has 0 radical (unpaired) electrons. The number of phenolic OH excluding ortho intramolecular Hbond substituents is 1. The lowest BCUT2D eigenvalue weighted by atomic mass is 9.92. The molecule has 2 heteroatoms. The van der Waals surface area contributed by atoms with Crippen LogP contribution in [0.3, 0.4) is 0 Å². The van der Waals surface area contributed by atoms with Crippen molar-refractivity contribution in [3.63, 3.8) is 0 Å². The number of fused-ring (bicyclic) bond motifs is 2. The smallest absolute Gasteiger partial charge is 0.170 e. The van der Waals surface area contributed by atoms with Crippen molar-refractivity contribution in [1.29, 1.82) is 0 Å². The van der Waals surface area contributed by atoms with Crippen molar-refractivity contribution >= 4 is 22.6 Å². The zero-order valence-corrected chi connectivity index (χ0v) is 8.60. The summed E-state index contributed by atoms with van der Waals surface area (Å²) in [7, 11) is 0. The van der Waals surface area contributed by atoms with Crippen molar-refractivity contribution in [1.82, 2.24) is 0 Å². The van der Waals surface area contributed by atoms with Gasteiger partial charge in [-0.25, -0.2) is 0 Å². The van der Waals surface area contributed by atoms with Gasteiger partial charge in [0, 0.05) is 11.8 Å². The van der Waals surface area contributed by atoms with E-state index in [4.69, 9.17) is 0 Å². The van der Waals surface area contributed by atoms with Crippen LogP contribution in [0.4, 0.5) is 0 Å². The fourth-order valence-corrected chi connectivity index (χ4v) is 2.17. The summed E-state index contributed by atoms with van der Waals surface area (Å²) in [5, 5.41) is 11.8. The van der Waals surface area contributed by atoms with Crippen molar-refractivity contribution in [2.24, 2.45) is 0 Å². The second kappa shape index (κ2) is 3.20. The Morgan fingerprint density at radius 3 is 2.88 bits per heavy atom. The van der Waals surface area contributed by atoms with Crippen LogP contribution in [0, 0.1) is 0 Å². The highest BCUT2D eigenvalue weighted by atomic mass is 16.3. The van der Waals surface area contributed by atoms with Crippen LogP contribution in [0.2, 0.25) is 0 Å². The number of ketones is 1. The van der Waals surface area contributed by atoms with Crippen LogP contribution in [-0.4, -0.2) is 10.9 Å². The van der Waals surface area contributed by atoms with Crippen LogP contribution in [0.25, 0.3) is 16.8 Å². The molecular weight excluding hydrogens is 200 g/mol. The number of carbonyl (C=O) groups excluding carboxylic acids is 1. The van der Waals surface area contributed by atoms with Gasteiger partial charge in [0.2, 0.25) is 0 Å². The monoisotopic (exact) mass is 210 g/mol. The van der Waals surface area contributed by atoms with Gasteiger partial charge in [-0.05, 0) is 17.0 Å². The van der Waals surface area contributed by atoms with Crippen LogP contribution in [0.15, 0.2) is 36.4 Å². The van der Waals surface area contributed by atoms with E-state index in [1.165, 1.54) is 0 Å². The Morgan fingerprint density at radius 2 is 2.00 bits per heavy atom. The van der Waals surface area contributed by atoms with Crippen molar-refractivity contribution in [3.8, 4) is 5.75 Å². The minimum Gasteiger partial charge on any atom is -0.507 e. The minimum atomic E-state index is -0.0132. The third-order valence-corrected chi connectivity index (χ3v) is 2.93. The molecule has 2 aromatic rings. The summed E-state index contributed by atoms with van der Waals surface area (Å²) in [6.07, 6.45) is 4.10. The molecule has 0 saturated carbocycles. The topological polar surface area (TPSA) is 37.3 Å². The van der Waals surface area contributed by atoms with Gasteiger partial charge in [0.1, 0.15) is 5.75 Å². The Labute approximate surface area is 92.8 Å². The molecular formula is C14H10O2. The highest BCUT2D eigenvalue weighted by Gasteiger charge is 2.19. The predicted octanol–water partition coefficient (Wildman–Crippen LogP) is 3.15. The summed E-state index contributed by atoms with van der Waals surface area (Å²) >= 11 is 0. The first kappa shape index (κ1) is 9.16. The maximum atomic E-state index is 11.7. The highest BCUT2D eigenvalue weighted by Crippen LogP contribution is 2.35. The zero-order chi connectivity index (χ0) is 11.1. The van der Waals surface area contributed by atoms with Crippen LogP contribution in [0.1, 0.15) is 22.3 Å². The first-order valence-corrected chi connectivity index (χ1v) is 5.22. The number of rotatable bonds is 0. The van der Waals surface area contributed by atoms with Gasteiger partial charge in [-0.1, -0.05) is 36.4 Å². The standard InChI is InChI=1S/C14H10O2/c15-12-7-3-5-10-8-9-4-1-2-6-11(9)14(16)13(10)12/h1-6,8,16H,7H2. The van der Waals surface area contributed by atoms with E-state index in [2.05, 4.69) is 0 Å². The molecule has 0 fully saturated rings. The number of benzene rings is 2. The Balaban J connectivity index is 2.46. The third kappa shape index (κ3) is 1.16. The average Bonchev–Trinajstić information content (AvgIpc) is 2.29. The third-order valence-electron chi connectivity index (χ3n) is 2.93. The summed E-state index contributed by atoms with van der Waals surface area (Å²) in [5.41, 5.74) is 1.27. The van der Waals surface area contributed by atoms with E-state index < -0.39 is 0 Å². The number of allylic oxidation sites excluding steroid dienone is 1. The first-order valence-electron chi connectivity index (χ1n) is 5.22. The molecule has 0 bridgehead atoms. The second-order valence-corrected chi connectivity index (χ2v) is 3.94.